The predicted octanol–water partition coefficient (Wildman–Crippen LogP) is 5.17. The Labute approximate surface area is 152 Å². The summed E-state index contributed by atoms with van der Waals surface area (Å²) in [6.07, 6.45) is 2.02. The molecule has 0 spiro atoms. The molecule has 1 atom stereocenters. The van der Waals surface area contributed by atoms with Crippen molar-refractivity contribution < 1.29 is 17.2 Å². The van der Waals surface area contributed by atoms with Crippen LogP contribution in [0.3, 0.4) is 0 Å². The highest BCUT2D eigenvalue weighted by Crippen LogP contribution is 2.31. The Morgan fingerprint density at radius 3 is 2.16 bits per heavy atom. The first-order valence-corrected chi connectivity index (χ1v) is 9.77. The average molecular weight is 388 g/mol. The van der Waals surface area contributed by atoms with Crippen molar-refractivity contribution in [3.8, 4) is 0 Å². The lowest BCUT2D eigenvalue weighted by Gasteiger charge is -2.28. The van der Waals surface area contributed by atoms with Crippen molar-refractivity contribution in [2.75, 3.05) is 7.05 Å². The van der Waals surface area contributed by atoms with Gasteiger partial charge in [0.05, 0.1) is 4.90 Å². The van der Waals surface area contributed by atoms with E-state index in [1.54, 1.807) is 0 Å². The molecule has 0 aliphatic rings. The molecule has 0 aliphatic heterocycles. The first kappa shape index (κ1) is 19.8. The topological polar surface area (TPSA) is 37.4 Å². The first-order valence-electron chi connectivity index (χ1n) is 7.95. The van der Waals surface area contributed by atoms with Gasteiger partial charge >= 0.3 is 0 Å². The van der Waals surface area contributed by atoms with Crippen molar-refractivity contribution in [2.24, 2.45) is 0 Å². The van der Waals surface area contributed by atoms with Gasteiger partial charge in [0.1, 0.15) is 11.6 Å². The molecule has 0 saturated heterocycles. The zero-order valence-corrected chi connectivity index (χ0v) is 15.6. The fourth-order valence-electron chi connectivity index (χ4n) is 2.66. The van der Waals surface area contributed by atoms with Gasteiger partial charge in [-0.3, -0.25) is 0 Å². The van der Waals surface area contributed by atoms with Gasteiger partial charge in [-0.25, -0.2) is 17.2 Å². The van der Waals surface area contributed by atoms with Crippen LogP contribution >= 0.6 is 11.6 Å². The van der Waals surface area contributed by atoms with Crippen LogP contribution in [0.15, 0.2) is 47.4 Å². The van der Waals surface area contributed by atoms with E-state index in [9.17, 15) is 17.2 Å². The highest BCUT2D eigenvalue weighted by molar-refractivity contribution is 7.89. The second kappa shape index (κ2) is 8.25. The van der Waals surface area contributed by atoms with Crippen LogP contribution in [0.25, 0.3) is 0 Å². The Hall–Kier alpha value is -1.50. The molecular weight excluding hydrogens is 368 g/mol. The molecule has 0 saturated carbocycles. The Balaban J connectivity index is 2.43. The van der Waals surface area contributed by atoms with Crippen LogP contribution in [0.4, 0.5) is 8.78 Å². The summed E-state index contributed by atoms with van der Waals surface area (Å²) < 4.78 is 54.2. The zero-order valence-electron chi connectivity index (χ0n) is 14.0. The quantitative estimate of drug-likeness (QED) is 0.657. The number of benzene rings is 2. The minimum absolute atomic E-state index is 0.0813. The van der Waals surface area contributed by atoms with Crippen molar-refractivity contribution in [3.05, 3.63) is 64.7 Å². The maximum Gasteiger partial charge on any atom is 0.243 e. The lowest BCUT2D eigenvalue weighted by Crippen LogP contribution is -2.31. The number of hydrogen-bond acceptors (Lipinski definition) is 2. The van der Waals surface area contributed by atoms with E-state index < -0.39 is 27.7 Å². The summed E-state index contributed by atoms with van der Waals surface area (Å²) in [5, 5.41) is 0.427. The first-order chi connectivity index (χ1) is 11.8. The number of rotatable bonds is 7. The fraction of sp³-hybridized carbons (Fsp3) is 0.333. The van der Waals surface area contributed by atoms with E-state index in [0.717, 1.165) is 18.9 Å². The second-order valence-corrected chi connectivity index (χ2v) is 8.27. The molecule has 0 aromatic heterocycles. The number of unbranched alkanes of at least 4 members (excludes halogenated alkanes) is 1. The minimum atomic E-state index is -3.83. The van der Waals surface area contributed by atoms with E-state index in [1.165, 1.54) is 47.8 Å². The average Bonchev–Trinajstić information content (AvgIpc) is 2.54. The van der Waals surface area contributed by atoms with Gasteiger partial charge in [-0.05, 0) is 48.4 Å². The Kier molecular flexibility index (Phi) is 6.54. The van der Waals surface area contributed by atoms with Crippen molar-refractivity contribution in [2.45, 2.75) is 37.1 Å². The molecule has 0 amide bonds. The van der Waals surface area contributed by atoms with E-state index >= 15 is 0 Å². The van der Waals surface area contributed by atoms with Crippen molar-refractivity contribution in [1.82, 2.24) is 4.31 Å². The normalized spacial score (nSPS) is 13.2. The summed E-state index contributed by atoms with van der Waals surface area (Å²) in [7, 11) is -2.41. The monoisotopic (exact) mass is 387 g/mol. The molecule has 0 radical (unpaired) electrons. The molecule has 0 heterocycles. The number of sulfonamides is 1. The van der Waals surface area contributed by atoms with Gasteiger partial charge in [0.25, 0.3) is 0 Å². The van der Waals surface area contributed by atoms with Crippen molar-refractivity contribution in [1.29, 1.82) is 0 Å². The van der Waals surface area contributed by atoms with Gasteiger partial charge in [-0.2, -0.15) is 4.31 Å². The van der Waals surface area contributed by atoms with E-state index in [-0.39, 0.29) is 4.90 Å². The third-order valence-corrected chi connectivity index (χ3v) is 6.16. The van der Waals surface area contributed by atoms with Gasteiger partial charge in [0.15, 0.2) is 0 Å². The minimum Gasteiger partial charge on any atom is -0.207 e. The van der Waals surface area contributed by atoms with Crippen LogP contribution in [0, 0.1) is 11.6 Å². The number of hydrogen-bond donors (Lipinski definition) is 0. The van der Waals surface area contributed by atoms with Gasteiger partial charge in [-0.1, -0.05) is 31.4 Å². The van der Waals surface area contributed by atoms with Gasteiger partial charge < -0.3 is 0 Å². The summed E-state index contributed by atoms with van der Waals surface area (Å²) in [4.78, 5) is 0.0813. The van der Waals surface area contributed by atoms with Crippen molar-refractivity contribution in [3.63, 3.8) is 0 Å². The van der Waals surface area contributed by atoms with Crippen LogP contribution in [0.1, 0.15) is 37.8 Å². The molecule has 0 N–H and O–H groups in total. The molecule has 0 bridgehead atoms. The molecule has 2 aromatic rings. The summed E-state index contributed by atoms with van der Waals surface area (Å²) in [6.45, 7) is 1.97. The zero-order chi connectivity index (χ0) is 18.6. The molecule has 7 heteroatoms. The third kappa shape index (κ3) is 4.77. The van der Waals surface area contributed by atoms with E-state index in [4.69, 9.17) is 11.6 Å². The van der Waals surface area contributed by atoms with Gasteiger partial charge in [-0.15, -0.1) is 0 Å². The number of halogens is 3. The summed E-state index contributed by atoms with van der Waals surface area (Å²) in [6, 6.07) is 8.28. The Morgan fingerprint density at radius 2 is 1.64 bits per heavy atom. The van der Waals surface area contributed by atoms with E-state index in [2.05, 4.69) is 0 Å². The van der Waals surface area contributed by atoms with Crippen molar-refractivity contribution >= 4 is 21.6 Å². The molecule has 25 heavy (non-hydrogen) atoms. The van der Waals surface area contributed by atoms with Crippen LogP contribution < -0.4 is 0 Å². The number of nitrogens with zero attached hydrogens (tertiary/aromatic N) is 1. The third-order valence-electron chi connectivity index (χ3n) is 4.03. The summed E-state index contributed by atoms with van der Waals surface area (Å²) in [5.41, 5.74) is 0.297. The Bertz CT molecular complexity index is 805. The highest BCUT2D eigenvalue weighted by Gasteiger charge is 2.29. The van der Waals surface area contributed by atoms with Crippen LogP contribution in [-0.4, -0.2) is 19.8 Å². The summed E-state index contributed by atoms with van der Waals surface area (Å²) >= 11 is 5.81. The largest absolute Gasteiger partial charge is 0.243 e. The van der Waals surface area contributed by atoms with E-state index in [0.29, 0.717) is 17.0 Å². The van der Waals surface area contributed by atoms with E-state index in [1.807, 2.05) is 6.92 Å². The SMILES string of the molecule is CCCCC(c1cc(F)cc(F)c1)N(C)S(=O)(=O)c1ccc(Cl)cc1. The predicted molar refractivity (Wildman–Crippen MR) is 95.0 cm³/mol. The highest BCUT2D eigenvalue weighted by atomic mass is 35.5. The fourth-order valence-corrected chi connectivity index (χ4v) is 4.16. The van der Waals surface area contributed by atoms with Gasteiger partial charge in [0.2, 0.25) is 10.0 Å². The van der Waals surface area contributed by atoms with Gasteiger partial charge in [0, 0.05) is 24.2 Å². The molecule has 2 aromatic carbocycles. The maximum atomic E-state index is 13.6. The van der Waals surface area contributed by atoms with Crippen LogP contribution in [0.2, 0.25) is 5.02 Å². The second-order valence-electron chi connectivity index (χ2n) is 5.84. The smallest absolute Gasteiger partial charge is 0.207 e. The molecule has 0 aliphatic carbocycles. The molecule has 2 rings (SSSR count). The van der Waals surface area contributed by atoms with Crippen LogP contribution in [-0.2, 0) is 10.0 Å². The Morgan fingerprint density at radius 1 is 1.08 bits per heavy atom. The standard InChI is InChI=1S/C18H20ClF2NO2S/c1-3-4-5-18(13-10-15(20)12-16(21)11-13)22(2)25(23,24)17-8-6-14(19)7-9-17/h6-12,18H,3-5H2,1-2H3. The molecule has 3 nitrogen and oxygen atoms in total. The molecular formula is C18H20ClF2NO2S. The lowest BCUT2D eigenvalue weighted by molar-refractivity contribution is 0.347. The molecule has 136 valence electrons. The summed E-state index contributed by atoms with van der Waals surface area (Å²) in [5.74, 6) is -1.46. The molecule has 0 fully saturated rings. The maximum absolute atomic E-state index is 13.6. The molecule has 1 unspecified atom stereocenters. The lowest BCUT2D eigenvalue weighted by atomic mass is 10.0. The van der Waals surface area contributed by atoms with Crippen LogP contribution in [0.5, 0.6) is 0 Å².